The van der Waals surface area contributed by atoms with Crippen molar-refractivity contribution < 1.29 is 19.1 Å². The fourth-order valence-electron chi connectivity index (χ4n) is 5.26. The molecular formula is C30H38N4O4. The van der Waals surface area contributed by atoms with Crippen LogP contribution in [0.2, 0.25) is 0 Å². The summed E-state index contributed by atoms with van der Waals surface area (Å²) in [5.41, 5.74) is 6.96. The van der Waals surface area contributed by atoms with E-state index in [4.69, 9.17) is 10.5 Å². The number of para-hydroxylation sites is 1. The van der Waals surface area contributed by atoms with E-state index in [1.165, 1.54) is 0 Å². The summed E-state index contributed by atoms with van der Waals surface area (Å²) in [5, 5.41) is 3.90. The summed E-state index contributed by atoms with van der Waals surface area (Å²) in [6, 6.07) is 16.8. The van der Waals surface area contributed by atoms with Crippen molar-refractivity contribution in [3.05, 3.63) is 71.9 Å². The maximum atomic E-state index is 14.1. The topological polar surface area (TPSA) is 118 Å². The molecule has 4 N–H and O–H groups in total. The highest BCUT2D eigenvalue weighted by atomic mass is 16.5. The Bertz CT molecular complexity index is 1280. The molecule has 0 bridgehead atoms. The summed E-state index contributed by atoms with van der Waals surface area (Å²) in [5.74, 6) is -0.926. The Morgan fingerprint density at radius 3 is 2.55 bits per heavy atom. The molecule has 1 unspecified atom stereocenters. The number of likely N-dealkylation sites (tertiary alicyclic amines) is 1. The highest BCUT2D eigenvalue weighted by Crippen LogP contribution is 2.36. The van der Waals surface area contributed by atoms with E-state index in [0.717, 1.165) is 22.0 Å². The number of benzene rings is 2. The van der Waals surface area contributed by atoms with Crippen molar-refractivity contribution in [3.63, 3.8) is 0 Å². The van der Waals surface area contributed by atoms with Crippen molar-refractivity contribution in [1.29, 1.82) is 0 Å². The first-order valence-corrected chi connectivity index (χ1v) is 13.3. The highest BCUT2D eigenvalue weighted by molar-refractivity contribution is 5.93. The van der Waals surface area contributed by atoms with Crippen LogP contribution in [0.15, 0.2) is 60.8 Å². The van der Waals surface area contributed by atoms with E-state index >= 15 is 0 Å². The largest absolute Gasteiger partial charge is 0.466 e. The molecule has 1 aromatic heterocycles. The molecule has 1 aliphatic heterocycles. The number of nitrogens with one attached hydrogen (secondary N) is 2. The highest BCUT2D eigenvalue weighted by Gasteiger charge is 2.46. The predicted octanol–water partition coefficient (Wildman–Crippen LogP) is 3.35. The van der Waals surface area contributed by atoms with Crippen LogP contribution in [0.5, 0.6) is 0 Å². The molecule has 202 valence electrons. The first-order valence-electron chi connectivity index (χ1n) is 13.3. The minimum absolute atomic E-state index is 0.227. The number of aromatic nitrogens is 1. The number of nitrogens with two attached hydrogens (primary N) is 1. The number of nitrogens with zero attached hydrogens (tertiary/aromatic N) is 1. The number of rotatable bonds is 9. The normalized spacial score (nSPS) is 18.7. The maximum absolute atomic E-state index is 14.1. The van der Waals surface area contributed by atoms with Gasteiger partial charge in [-0.3, -0.25) is 14.4 Å². The Morgan fingerprint density at radius 1 is 1.13 bits per heavy atom. The molecular weight excluding hydrogens is 480 g/mol. The molecule has 38 heavy (non-hydrogen) atoms. The molecule has 8 heteroatoms. The van der Waals surface area contributed by atoms with Gasteiger partial charge in [-0.25, -0.2) is 0 Å². The van der Waals surface area contributed by atoms with Crippen molar-refractivity contribution in [3.8, 4) is 0 Å². The Balaban J connectivity index is 1.63. The van der Waals surface area contributed by atoms with E-state index in [1.54, 1.807) is 25.7 Å². The number of hydrogen-bond acceptors (Lipinski definition) is 5. The van der Waals surface area contributed by atoms with Gasteiger partial charge in [-0.2, -0.15) is 0 Å². The van der Waals surface area contributed by atoms with Gasteiger partial charge in [0.05, 0.1) is 17.6 Å². The number of ether oxygens (including phenoxy) is 1. The van der Waals surface area contributed by atoms with Gasteiger partial charge in [0.2, 0.25) is 11.8 Å². The second-order valence-electron chi connectivity index (χ2n) is 10.8. The number of carbonyl (C=O) groups is 3. The van der Waals surface area contributed by atoms with Gasteiger partial charge in [-0.15, -0.1) is 0 Å². The quantitative estimate of drug-likeness (QED) is 0.376. The summed E-state index contributed by atoms with van der Waals surface area (Å²) in [7, 11) is 0. The molecule has 1 saturated heterocycles. The lowest BCUT2D eigenvalue weighted by molar-refractivity contribution is -0.161. The first-order chi connectivity index (χ1) is 18.1. The minimum Gasteiger partial charge on any atom is -0.466 e. The van der Waals surface area contributed by atoms with Gasteiger partial charge < -0.3 is 25.7 Å². The van der Waals surface area contributed by atoms with Gasteiger partial charge >= 0.3 is 5.97 Å². The Hall–Kier alpha value is -3.65. The van der Waals surface area contributed by atoms with Crippen LogP contribution in [0.3, 0.4) is 0 Å². The van der Waals surface area contributed by atoms with Gasteiger partial charge in [-0.1, -0.05) is 48.5 Å². The molecule has 4 rings (SSSR count). The van der Waals surface area contributed by atoms with Crippen LogP contribution in [0.4, 0.5) is 0 Å². The lowest BCUT2D eigenvalue weighted by Crippen LogP contribution is -2.59. The Labute approximate surface area is 223 Å². The fraction of sp³-hybridized carbons (Fsp3) is 0.433. The van der Waals surface area contributed by atoms with Crippen LogP contribution in [0.1, 0.15) is 44.7 Å². The van der Waals surface area contributed by atoms with Gasteiger partial charge in [0, 0.05) is 36.6 Å². The van der Waals surface area contributed by atoms with Crippen LogP contribution in [0.25, 0.3) is 10.9 Å². The van der Waals surface area contributed by atoms with Crippen LogP contribution >= 0.6 is 0 Å². The summed E-state index contributed by atoms with van der Waals surface area (Å²) in [4.78, 5) is 45.3. The van der Waals surface area contributed by atoms with Crippen LogP contribution in [-0.2, 0) is 32.0 Å². The van der Waals surface area contributed by atoms with Crippen LogP contribution in [0, 0.1) is 5.41 Å². The number of aromatic amines is 1. The molecule has 2 amide bonds. The second kappa shape index (κ2) is 11.4. The summed E-state index contributed by atoms with van der Waals surface area (Å²) >= 11 is 0. The number of piperidine rings is 1. The lowest BCUT2D eigenvalue weighted by Gasteiger charge is -2.42. The minimum atomic E-state index is -1.15. The van der Waals surface area contributed by atoms with Gasteiger partial charge in [0.15, 0.2) is 0 Å². The van der Waals surface area contributed by atoms with Crippen molar-refractivity contribution >= 4 is 28.7 Å². The Kier molecular flexibility index (Phi) is 8.21. The average Bonchev–Trinajstić information content (AvgIpc) is 3.31. The standard InChI is InChI=1S/C30H38N4O4/c1-4-38-28(37)30(18-21-11-6-5-7-12-21)15-10-16-34(20-30)26(35)25(33-27(36)29(2,3)31)17-22-19-32-24-14-9-8-13-23(22)24/h5-9,11-14,19,25,32H,4,10,15-18,20,31H2,1-3H3,(H,33,36)/t25?,30-/m0/s1. The zero-order valence-electron chi connectivity index (χ0n) is 22.5. The van der Waals surface area contributed by atoms with Crippen molar-refractivity contribution in [2.75, 3.05) is 19.7 Å². The van der Waals surface area contributed by atoms with Gasteiger partial charge in [-0.05, 0) is 57.2 Å². The monoisotopic (exact) mass is 518 g/mol. The summed E-state index contributed by atoms with van der Waals surface area (Å²) in [6.07, 6.45) is 3.94. The molecule has 1 aliphatic rings. The van der Waals surface area contributed by atoms with Crippen LogP contribution in [-0.4, -0.2) is 58.9 Å². The summed E-state index contributed by atoms with van der Waals surface area (Å²) < 4.78 is 5.52. The van der Waals surface area contributed by atoms with Crippen molar-refractivity contribution in [2.24, 2.45) is 11.1 Å². The Morgan fingerprint density at radius 2 is 1.84 bits per heavy atom. The van der Waals surface area contributed by atoms with Gasteiger partial charge in [0.25, 0.3) is 0 Å². The molecule has 2 aromatic carbocycles. The maximum Gasteiger partial charge on any atom is 0.314 e. The third-order valence-corrected chi connectivity index (χ3v) is 7.27. The lowest BCUT2D eigenvalue weighted by atomic mass is 9.75. The molecule has 2 heterocycles. The van der Waals surface area contributed by atoms with Crippen LogP contribution < -0.4 is 11.1 Å². The third kappa shape index (κ3) is 6.07. The molecule has 0 saturated carbocycles. The first kappa shape index (κ1) is 27.4. The number of esters is 1. The fourth-order valence-corrected chi connectivity index (χ4v) is 5.26. The third-order valence-electron chi connectivity index (χ3n) is 7.27. The molecule has 0 aliphatic carbocycles. The number of fused-ring (bicyclic) bond motifs is 1. The van der Waals surface area contributed by atoms with E-state index in [2.05, 4.69) is 10.3 Å². The molecule has 1 fully saturated rings. The smallest absolute Gasteiger partial charge is 0.314 e. The molecule has 8 nitrogen and oxygen atoms in total. The van der Waals surface area contributed by atoms with Crippen molar-refractivity contribution in [1.82, 2.24) is 15.2 Å². The number of H-pyrrole nitrogens is 1. The van der Waals surface area contributed by atoms with E-state index in [9.17, 15) is 14.4 Å². The molecule has 3 aromatic rings. The molecule has 2 atom stereocenters. The van der Waals surface area contributed by atoms with E-state index in [1.807, 2.05) is 60.8 Å². The zero-order chi connectivity index (χ0) is 27.3. The van der Waals surface area contributed by atoms with E-state index < -0.39 is 22.9 Å². The second-order valence-corrected chi connectivity index (χ2v) is 10.8. The SMILES string of the molecule is CCOC(=O)[C@]1(Cc2ccccc2)CCCN(C(=O)C(Cc2c[nH]c3ccccc23)NC(=O)C(C)(C)N)C1. The zero-order valence-corrected chi connectivity index (χ0v) is 22.5. The molecule has 0 radical (unpaired) electrons. The van der Waals surface area contributed by atoms with Crippen molar-refractivity contribution in [2.45, 2.75) is 58.0 Å². The van der Waals surface area contributed by atoms with E-state index in [0.29, 0.717) is 32.2 Å². The number of hydrogen-bond donors (Lipinski definition) is 3. The number of carbonyl (C=O) groups excluding carboxylic acids is 3. The van der Waals surface area contributed by atoms with Gasteiger partial charge in [0.1, 0.15) is 6.04 Å². The predicted molar refractivity (Wildman–Crippen MR) is 147 cm³/mol. The average molecular weight is 519 g/mol. The summed E-state index contributed by atoms with van der Waals surface area (Å²) in [6.45, 7) is 6.02. The van der Waals surface area contributed by atoms with E-state index in [-0.39, 0.29) is 25.0 Å². The number of amides is 2. The molecule has 0 spiro atoms.